The van der Waals surface area contributed by atoms with E-state index in [9.17, 15) is 18.8 Å². The van der Waals surface area contributed by atoms with Gasteiger partial charge in [-0.05, 0) is 60.0 Å². The van der Waals surface area contributed by atoms with Crippen molar-refractivity contribution >= 4 is 57.4 Å². The van der Waals surface area contributed by atoms with Crippen molar-refractivity contribution < 1.29 is 23.9 Å². The number of anilines is 1. The molecular formula is C23H18FN3O4S2. The number of nitrogens with one attached hydrogen (secondary N) is 1. The summed E-state index contributed by atoms with van der Waals surface area (Å²) in [6, 6.07) is 15.2. The first-order chi connectivity index (χ1) is 15.9. The number of carbonyl (C=O) groups is 3. The van der Waals surface area contributed by atoms with Gasteiger partial charge in [0.25, 0.3) is 0 Å². The summed E-state index contributed by atoms with van der Waals surface area (Å²) in [6.45, 7) is 0.332. The lowest BCUT2D eigenvalue weighted by molar-refractivity contribution is -0.128. The molecule has 2 heterocycles. The highest BCUT2D eigenvalue weighted by Crippen LogP contribution is 2.33. The highest BCUT2D eigenvalue weighted by atomic mass is 32.2. The van der Waals surface area contributed by atoms with Crippen LogP contribution in [0.15, 0.2) is 71.0 Å². The number of benzene rings is 2. The molecule has 1 aromatic heterocycles. The topological polar surface area (TPSA) is 99.1 Å². The molecule has 4 rings (SSSR count). The molecule has 1 saturated heterocycles. The van der Waals surface area contributed by atoms with Gasteiger partial charge >= 0.3 is 5.97 Å². The van der Waals surface area contributed by atoms with Crippen molar-refractivity contribution in [1.29, 1.82) is 0 Å². The van der Waals surface area contributed by atoms with E-state index in [4.69, 9.17) is 5.11 Å². The van der Waals surface area contributed by atoms with E-state index >= 15 is 0 Å². The molecule has 2 N–H and O–H groups in total. The number of rotatable bonds is 7. The first-order valence-corrected chi connectivity index (χ1v) is 11.6. The first-order valence-electron chi connectivity index (χ1n) is 9.87. The van der Waals surface area contributed by atoms with Gasteiger partial charge in [0.15, 0.2) is 5.17 Å². The fourth-order valence-electron chi connectivity index (χ4n) is 3.13. The Labute approximate surface area is 197 Å². The number of aliphatic imine (C=N–C) groups is 1. The molecule has 0 radical (unpaired) electrons. The van der Waals surface area contributed by atoms with Crippen LogP contribution in [-0.2, 0) is 16.1 Å². The first kappa shape index (κ1) is 22.7. The van der Waals surface area contributed by atoms with Gasteiger partial charge in [-0.3, -0.25) is 14.5 Å². The van der Waals surface area contributed by atoms with Gasteiger partial charge in [0.05, 0.1) is 17.8 Å². The summed E-state index contributed by atoms with van der Waals surface area (Å²) in [6.07, 6.45) is -0.0758. The maximum Gasteiger partial charge on any atom is 0.335 e. The molecule has 1 fully saturated rings. The van der Waals surface area contributed by atoms with E-state index in [0.717, 1.165) is 4.88 Å². The molecule has 10 heteroatoms. The third-order valence-corrected chi connectivity index (χ3v) is 6.79. The van der Waals surface area contributed by atoms with Crippen molar-refractivity contribution in [1.82, 2.24) is 4.90 Å². The number of carboxylic acid groups (broad SMARTS) is 1. The van der Waals surface area contributed by atoms with Crippen LogP contribution in [0.2, 0.25) is 0 Å². The zero-order chi connectivity index (χ0) is 23.4. The molecule has 1 aliphatic rings. The monoisotopic (exact) mass is 483 g/mol. The Morgan fingerprint density at radius 1 is 1.09 bits per heavy atom. The van der Waals surface area contributed by atoms with Crippen LogP contribution < -0.4 is 5.32 Å². The summed E-state index contributed by atoms with van der Waals surface area (Å²) in [5.41, 5.74) is 1.06. The van der Waals surface area contributed by atoms with Gasteiger partial charge in [-0.25, -0.2) is 14.2 Å². The number of amidine groups is 1. The normalized spacial score (nSPS) is 16.9. The van der Waals surface area contributed by atoms with Crippen molar-refractivity contribution in [3.63, 3.8) is 0 Å². The Kier molecular flexibility index (Phi) is 6.85. The van der Waals surface area contributed by atoms with E-state index in [1.165, 1.54) is 71.6 Å². The predicted octanol–water partition coefficient (Wildman–Crippen LogP) is 4.75. The number of carbonyl (C=O) groups excluding carboxylic acids is 2. The molecule has 3 aromatic rings. The third-order valence-electron chi connectivity index (χ3n) is 4.75. The molecule has 0 saturated carbocycles. The van der Waals surface area contributed by atoms with Crippen molar-refractivity contribution in [3.8, 4) is 0 Å². The van der Waals surface area contributed by atoms with Crippen molar-refractivity contribution in [2.24, 2.45) is 4.99 Å². The quantitative estimate of drug-likeness (QED) is 0.506. The van der Waals surface area contributed by atoms with E-state index in [1.54, 1.807) is 4.90 Å². The highest BCUT2D eigenvalue weighted by molar-refractivity contribution is 8.15. The summed E-state index contributed by atoms with van der Waals surface area (Å²) < 4.78 is 13.2. The zero-order valence-corrected chi connectivity index (χ0v) is 18.7. The number of thiophene rings is 1. The van der Waals surface area contributed by atoms with Gasteiger partial charge in [-0.2, -0.15) is 0 Å². The second kappa shape index (κ2) is 9.97. The van der Waals surface area contributed by atoms with Crippen LogP contribution in [0, 0.1) is 5.82 Å². The number of hydrogen-bond donors (Lipinski definition) is 2. The Morgan fingerprint density at radius 3 is 2.45 bits per heavy atom. The number of carboxylic acids is 1. The Balaban J connectivity index is 1.49. The number of aromatic carboxylic acids is 1. The van der Waals surface area contributed by atoms with Crippen LogP contribution in [0.5, 0.6) is 0 Å². The average molecular weight is 484 g/mol. The van der Waals surface area contributed by atoms with Crippen LogP contribution in [0.1, 0.15) is 21.7 Å². The molecule has 0 bridgehead atoms. The van der Waals surface area contributed by atoms with E-state index in [2.05, 4.69) is 10.3 Å². The fourth-order valence-corrected chi connectivity index (χ4v) is 4.98. The number of hydrogen-bond acceptors (Lipinski definition) is 6. The lowest BCUT2D eigenvalue weighted by Crippen LogP contribution is -2.32. The summed E-state index contributed by atoms with van der Waals surface area (Å²) in [5.74, 6) is -2.04. The molecule has 7 nitrogen and oxygen atoms in total. The molecule has 1 aliphatic heterocycles. The lowest BCUT2D eigenvalue weighted by Gasteiger charge is -2.15. The van der Waals surface area contributed by atoms with Crippen molar-refractivity contribution in [2.45, 2.75) is 18.2 Å². The SMILES string of the molecule is O=C(C[C@H]1SC(=Nc2ccc(F)cc2)N(Cc2cccs2)C1=O)Nc1ccc(C(=O)O)cc1. The third kappa shape index (κ3) is 5.65. The average Bonchev–Trinajstić information content (AvgIpc) is 3.40. The lowest BCUT2D eigenvalue weighted by atomic mass is 10.2. The van der Waals surface area contributed by atoms with E-state index in [-0.39, 0.29) is 29.6 Å². The standard InChI is InChI=1S/C23H18FN3O4S2/c24-15-5-9-17(10-6-15)26-23-27(13-18-2-1-11-32-18)21(29)19(33-23)12-20(28)25-16-7-3-14(4-8-16)22(30)31/h1-11,19H,12-13H2,(H,25,28)(H,30,31)/t19-/m1/s1. The van der Waals surface area contributed by atoms with E-state index in [1.807, 2.05) is 17.5 Å². The summed E-state index contributed by atoms with van der Waals surface area (Å²) in [5, 5.41) is 13.4. The number of halogens is 1. The molecular weight excluding hydrogens is 465 g/mol. The van der Waals surface area contributed by atoms with Gasteiger partial charge in [0, 0.05) is 17.0 Å². The molecule has 2 aromatic carbocycles. The minimum absolute atomic E-state index is 0.0758. The summed E-state index contributed by atoms with van der Waals surface area (Å²) in [4.78, 5) is 43.7. The van der Waals surface area contributed by atoms with Crippen LogP contribution in [0.3, 0.4) is 0 Å². The summed E-state index contributed by atoms with van der Waals surface area (Å²) in [7, 11) is 0. The van der Waals surface area contributed by atoms with Gasteiger partial charge in [-0.15, -0.1) is 11.3 Å². The second-order valence-corrected chi connectivity index (χ2v) is 9.32. The maximum atomic E-state index is 13.2. The Bertz CT molecular complexity index is 1200. The van der Waals surface area contributed by atoms with Crippen LogP contribution in [-0.4, -0.2) is 38.2 Å². The van der Waals surface area contributed by atoms with E-state index in [0.29, 0.717) is 23.1 Å². The van der Waals surface area contributed by atoms with Gasteiger partial charge in [0.2, 0.25) is 11.8 Å². The molecule has 33 heavy (non-hydrogen) atoms. The minimum Gasteiger partial charge on any atom is -0.478 e. The van der Waals surface area contributed by atoms with Gasteiger partial charge < -0.3 is 10.4 Å². The van der Waals surface area contributed by atoms with Gasteiger partial charge in [0.1, 0.15) is 11.1 Å². The largest absolute Gasteiger partial charge is 0.478 e. The molecule has 0 unspecified atom stereocenters. The minimum atomic E-state index is -1.06. The van der Waals surface area contributed by atoms with Crippen LogP contribution in [0.25, 0.3) is 0 Å². The predicted molar refractivity (Wildman–Crippen MR) is 126 cm³/mol. The van der Waals surface area contributed by atoms with Crippen LogP contribution >= 0.6 is 23.1 Å². The second-order valence-electron chi connectivity index (χ2n) is 7.12. The molecule has 0 spiro atoms. The number of thioether (sulfide) groups is 1. The smallest absolute Gasteiger partial charge is 0.335 e. The fraction of sp³-hybridized carbons (Fsp3) is 0.130. The molecule has 168 valence electrons. The highest BCUT2D eigenvalue weighted by Gasteiger charge is 2.39. The van der Waals surface area contributed by atoms with Crippen molar-refractivity contribution in [3.05, 3.63) is 82.3 Å². The molecule has 0 aliphatic carbocycles. The van der Waals surface area contributed by atoms with Gasteiger partial charge in [-0.1, -0.05) is 17.8 Å². The number of nitrogens with zero attached hydrogens (tertiary/aromatic N) is 2. The van der Waals surface area contributed by atoms with E-state index < -0.39 is 11.2 Å². The Morgan fingerprint density at radius 2 is 1.82 bits per heavy atom. The van der Waals surface area contributed by atoms with Crippen molar-refractivity contribution in [2.75, 3.05) is 5.32 Å². The molecule has 2 amide bonds. The molecule has 1 atom stereocenters. The summed E-state index contributed by atoms with van der Waals surface area (Å²) >= 11 is 2.71. The zero-order valence-electron chi connectivity index (χ0n) is 17.1. The Hall–Kier alpha value is -3.50. The number of amides is 2. The van der Waals surface area contributed by atoms with Crippen LogP contribution in [0.4, 0.5) is 15.8 Å². The maximum absolute atomic E-state index is 13.2.